The Balaban J connectivity index is 0.818. The van der Waals surface area contributed by atoms with Gasteiger partial charge >= 0.3 is 0 Å². The largest absolute Gasteiger partial charge is 0.334 e. The second-order valence-corrected chi connectivity index (χ2v) is 20.9. The number of rotatable bonds is 12. The normalized spacial score (nSPS) is 15.9. The van der Waals surface area contributed by atoms with Gasteiger partial charge in [-0.05, 0) is 172 Å². The fourth-order valence-corrected chi connectivity index (χ4v) is 12.0. The Morgan fingerprint density at radius 3 is 1.53 bits per heavy atom. The summed E-state index contributed by atoms with van der Waals surface area (Å²) in [6.07, 6.45) is 12.6. The minimum absolute atomic E-state index is 0.00724. The summed E-state index contributed by atoms with van der Waals surface area (Å²) < 4.78 is 0. The SMILES string of the molecule is C/C=C(\C=C/c1ccc2c(c1)-c1ccccc1C2(C)C)N(c1ccccc1)c1ccc(-c2ccc(N(c3ccccc3)c3ccc(N(c4ccccc4)C4C=C5C(=CC4)C(C)(C)c4ccccc45)cc3)cc2)cc1. The van der Waals surface area contributed by atoms with Crippen LogP contribution in [0.2, 0.25) is 0 Å². The third-order valence-electron chi connectivity index (χ3n) is 15.7. The molecule has 0 spiro atoms. The van der Waals surface area contributed by atoms with Gasteiger partial charge < -0.3 is 14.7 Å². The van der Waals surface area contributed by atoms with Gasteiger partial charge in [0.25, 0.3) is 0 Å². The van der Waals surface area contributed by atoms with E-state index in [4.69, 9.17) is 0 Å². The van der Waals surface area contributed by atoms with E-state index in [-0.39, 0.29) is 16.9 Å². The highest BCUT2D eigenvalue weighted by molar-refractivity contribution is 5.92. The molecule has 0 saturated heterocycles. The van der Waals surface area contributed by atoms with E-state index >= 15 is 0 Å². The number of hydrogen-bond acceptors (Lipinski definition) is 3. The van der Waals surface area contributed by atoms with Crippen molar-refractivity contribution in [1.82, 2.24) is 0 Å². The zero-order chi connectivity index (χ0) is 50.4. The van der Waals surface area contributed by atoms with E-state index in [2.05, 4.69) is 310 Å². The van der Waals surface area contributed by atoms with Gasteiger partial charge in [0.1, 0.15) is 0 Å². The number of fused-ring (bicyclic) bond motifs is 6. The van der Waals surface area contributed by atoms with Gasteiger partial charge in [0.15, 0.2) is 0 Å². The van der Waals surface area contributed by atoms with E-state index in [1.54, 1.807) is 0 Å². The Labute approximate surface area is 438 Å². The molecule has 0 aromatic heterocycles. The van der Waals surface area contributed by atoms with Crippen LogP contribution in [0.25, 0.3) is 33.9 Å². The van der Waals surface area contributed by atoms with E-state index in [0.29, 0.717) is 0 Å². The van der Waals surface area contributed by atoms with Crippen molar-refractivity contribution in [1.29, 1.82) is 0 Å². The first-order chi connectivity index (χ1) is 36.2. The van der Waals surface area contributed by atoms with Crippen molar-refractivity contribution >= 4 is 51.5 Å². The average molecular weight is 956 g/mol. The zero-order valence-electron chi connectivity index (χ0n) is 43.0. The molecule has 74 heavy (non-hydrogen) atoms. The summed E-state index contributed by atoms with van der Waals surface area (Å²) in [7, 11) is 0. The lowest BCUT2D eigenvalue weighted by Crippen LogP contribution is -2.31. The Kier molecular flexibility index (Phi) is 12.0. The Hall–Kier alpha value is -8.66. The van der Waals surface area contributed by atoms with E-state index < -0.39 is 0 Å². The summed E-state index contributed by atoms with van der Waals surface area (Å²) in [5, 5.41) is 0. The van der Waals surface area contributed by atoms with E-state index in [1.807, 2.05) is 0 Å². The van der Waals surface area contributed by atoms with Gasteiger partial charge in [-0.1, -0.05) is 192 Å². The van der Waals surface area contributed by atoms with Crippen molar-refractivity contribution in [2.75, 3.05) is 14.7 Å². The maximum atomic E-state index is 2.52. The van der Waals surface area contributed by atoms with Crippen LogP contribution in [0.5, 0.6) is 0 Å². The fraction of sp³-hybridized carbons (Fsp3) is 0.127. The molecule has 0 N–H and O–H groups in total. The fourth-order valence-electron chi connectivity index (χ4n) is 12.0. The Bertz CT molecular complexity index is 3620. The predicted molar refractivity (Wildman–Crippen MR) is 314 cm³/mol. The Morgan fingerprint density at radius 1 is 0.446 bits per heavy atom. The number of allylic oxidation sites excluding steroid dienone is 4. The van der Waals surface area contributed by atoms with Gasteiger partial charge in [-0.2, -0.15) is 0 Å². The van der Waals surface area contributed by atoms with Crippen molar-refractivity contribution in [3.63, 3.8) is 0 Å². The van der Waals surface area contributed by atoms with Crippen LogP contribution >= 0.6 is 0 Å². The topological polar surface area (TPSA) is 9.72 Å². The third kappa shape index (κ3) is 8.29. The molecule has 0 aliphatic heterocycles. The first kappa shape index (κ1) is 46.4. The lowest BCUT2D eigenvalue weighted by molar-refractivity contribution is 0.648. The molecule has 0 fully saturated rings. The maximum absolute atomic E-state index is 2.52. The number of anilines is 7. The predicted octanol–water partition coefficient (Wildman–Crippen LogP) is 19.1. The van der Waals surface area contributed by atoms with Gasteiger partial charge in [-0.3, -0.25) is 0 Å². The summed E-state index contributed by atoms with van der Waals surface area (Å²) >= 11 is 0. The molecular formula is C71H61N3. The molecule has 3 nitrogen and oxygen atoms in total. The highest BCUT2D eigenvalue weighted by Gasteiger charge is 2.40. The zero-order valence-corrected chi connectivity index (χ0v) is 43.0. The number of benzene rings is 9. The molecule has 360 valence electrons. The minimum Gasteiger partial charge on any atom is -0.334 e. The van der Waals surface area contributed by atoms with E-state index in [9.17, 15) is 0 Å². The summed E-state index contributed by atoms with van der Waals surface area (Å²) in [6.45, 7) is 11.5. The molecule has 0 radical (unpaired) electrons. The number of hydrogen-bond donors (Lipinski definition) is 0. The van der Waals surface area contributed by atoms with Gasteiger partial charge in [0.05, 0.1) is 6.04 Å². The maximum Gasteiger partial charge on any atom is 0.0566 e. The highest BCUT2D eigenvalue weighted by atomic mass is 15.2. The van der Waals surface area contributed by atoms with Gasteiger partial charge in [-0.25, -0.2) is 0 Å². The van der Waals surface area contributed by atoms with Crippen molar-refractivity contribution in [3.05, 3.63) is 294 Å². The van der Waals surface area contributed by atoms with E-state index in [1.165, 1.54) is 55.8 Å². The quantitative estimate of drug-likeness (QED) is 0.113. The van der Waals surface area contributed by atoms with Crippen LogP contribution in [-0.4, -0.2) is 6.04 Å². The molecule has 1 unspecified atom stereocenters. The molecule has 0 saturated carbocycles. The van der Waals surface area contributed by atoms with Gasteiger partial charge in [0, 0.05) is 56.3 Å². The van der Waals surface area contributed by atoms with Crippen molar-refractivity contribution in [2.45, 2.75) is 57.9 Å². The molecule has 3 aliphatic carbocycles. The first-order valence-corrected chi connectivity index (χ1v) is 26.1. The molecule has 0 heterocycles. The molecule has 9 aromatic rings. The second-order valence-electron chi connectivity index (χ2n) is 20.9. The van der Waals surface area contributed by atoms with Crippen LogP contribution in [0.3, 0.4) is 0 Å². The smallest absolute Gasteiger partial charge is 0.0566 e. The molecular weight excluding hydrogens is 895 g/mol. The standard InChI is InChI=1S/C71H61N3/c1-6-53(36-30-50-31-46-68-64(48-50)62-26-16-18-28-66(62)70(68,2)3)72(54-20-10-7-11-21-54)57-37-32-51(33-38-57)52-34-39-58(40-35-52)73(55-22-12-8-13-23-55)59-41-43-60(44-42-59)74(56-24-14-9-15-25-56)61-45-47-69-65(49-61)63-27-17-19-29-67(63)71(69,4)5/h6-44,46-49,61H,45H2,1-5H3/b36-30-,53-6+. The third-order valence-corrected chi connectivity index (χ3v) is 15.7. The van der Waals surface area contributed by atoms with Crippen LogP contribution in [0.1, 0.15) is 68.9 Å². The van der Waals surface area contributed by atoms with Crippen molar-refractivity contribution in [3.8, 4) is 22.3 Å². The molecule has 12 rings (SSSR count). The molecule has 1 atom stereocenters. The van der Waals surface area contributed by atoms with Crippen LogP contribution in [0, 0.1) is 0 Å². The van der Waals surface area contributed by atoms with Crippen LogP contribution in [0.4, 0.5) is 39.8 Å². The second kappa shape index (κ2) is 19.1. The highest BCUT2D eigenvalue weighted by Crippen LogP contribution is 2.53. The summed E-state index contributed by atoms with van der Waals surface area (Å²) in [5.41, 5.74) is 23.5. The number of para-hydroxylation sites is 3. The average Bonchev–Trinajstić information content (AvgIpc) is 3.82. The van der Waals surface area contributed by atoms with Gasteiger partial charge in [-0.15, -0.1) is 0 Å². The molecule has 3 aliphatic rings. The summed E-state index contributed by atoms with van der Waals surface area (Å²) in [6, 6.07) is 84.2. The van der Waals surface area contributed by atoms with E-state index in [0.717, 1.165) is 57.4 Å². The number of nitrogens with zero attached hydrogens (tertiary/aromatic N) is 3. The van der Waals surface area contributed by atoms with Crippen LogP contribution < -0.4 is 14.7 Å². The monoisotopic (exact) mass is 955 g/mol. The summed E-state index contributed by atoms with van der Waals surface area (Å²) in [4.78, 5) is 7.20. The Morgan fingerprint density at radius 2 is 0.905 bits per heavy atom. The van der Waals surface area contributed by atoms with Gasteiger partial charge in [0.2, 0.25) is 0 Å². The molecule has 9 aromatic carbocycles. The lowest BCUT2D eigenvalue weighted by Gasteiger charge is -2.35. The van der Waals surface area contributed by atoms with Crippen molar-refractivity contribution in [2.24, 2.45) is 0 Å². The first-order valence-electron chi connectivity index (χ1n) is 26.1. The molecule has 0 amide bonds. The van der Waals surface area contributed by atoms with Crippen LogP contribution in [-0.2, 0) is 10.8 Å². The minimum atomic E-state index is -0.0120. The van der Waals surface area contributed by atoms with Crippen molar-refractivity contribution < 1.29 is 0 Å². The lowest BCUT2D eigenvalue weighted by atomic mass is 9.80. The van der Waals surface area contributed by atoms with Crippen LogP contribution in [0.15, 0.2) is 266 Å². The summed E-state index contributed by atoms with van der Waals surface area (Å²) in [5.74, 6) is 0. The molecule has 0 bridgehead atoms. The molecule has 3 heteroatoms.